The summed E-state index contributed by atoms with van der Waals surface area (Å²) in [4.78, 5) is 12.3. The van der Waals surface area contributed by atoms with Crippen molar-refractivity contribution in [3.8, 4) is 5.75 Å². The summed E-state index contributed by atoms with van der Waals surface area (Å²) < 4.78 is 5.29. The van der Waals surface area contributed by atoms with Gasteiger partial charge < -0.3 is 4.74 Å². The van der Waals surface area contributed by atoms with Crippen LogP contribution in [0, 0.1) is 6.92 Å². The van der Waals surface area contributed by atoms with Crippen LogP contribution in [0.15, 0.2) is 42.5 Å². The largest absolute Gasteiger partial charge is 0.497 e. The van der Waals surface area contributed by atoms with Gasteiger partial charge in [0, 0.05) is 12.0 Å². The second-order valence-electron chi connectivity index (χ2n) is 5.41. The van der Waals surface area contributed by atoms with Crippen molar-refractivity contribution >= 4 is 17.4 Å². The lowest BCUT2D eigenvalue weighted by Gasteiger charge is -2.19. The van der Waals surface area contributed by atoms with E-state index in [1.165, 1.54) is 11.1 Å². The van der Waals surface area contributed by atoms with Gasteiger partial charge in [-0.3, -0.25) is 4.79 Å². The zero-order chi connectivity index (χ0) is 14.8. The number of rotatable bonds is 2. The summed E-state index contributed by atoms with van der Waals surface area (Å²) in [5, 5.41) is 0. The molecule has 0 unspecified atom stereocenters. The Morgan fingerprint density at radius 2 is 1.81 bits per heavy atom. The van der Waals surface area contributed by atoms with Crippen molar-refractivity contribution < 1.29 is 9.53 Å². The minimum Gasteiger partial charge on any atom is -0.497 e. The van der Waals surface area contributed by atoms with Gasteiger partial charge in [0.15, 0.2) is 5.78 Å². The number of Topliss-reactive ketones (excluding diaryl/α,β-unsaturated/α-hetero) is 1. The van der Waals surface area contributed by atoms with Crippen LogP contribution in [0.1, 0.15) is 28.7 Å². The second kappa shape index (κ2) is 5.57. The van der Waals surface area contributed by atoms with Gasteiger partial charge in [-0.2, -0.15) is 0 Å². The van der Waals surface area contributed by atoms with Crippen molar-refractivity contribution in [2.24, 2.45) is 0 Å². The molecule has 0 fully saturated rings. The smallest absolute Gasteiger partial charge is 0.163 e. The molecule has 0 aliphatic heterocycles. The Hall–Kier alpha value is -2.35. The van der Waals surface area contributed by atoms with Crippen LogP contribution in [0.25, 0.3) is 11.6 Å². The van der Waals surface area contributed by atoms with Crippen molar-refractivity contribution in [3.63, 3.8) is 0 Å². The molecule has 3 rings (SSSR count). The number of hydrogen-bond donors (Lipinski definition) is 0. The fourth-order valence-electron chi connectivity index (χ4n) is 2.67. The van der Waals surface area contributed by atoms with Gasteiger partial charge in [0.25, 0.3) is 0 Å². The van der Waals surface area contributed by atoms with E-state index in [1.54, 1.807) is 7.11 Å². The zero-order valence-corrected chi connectivity index (χ0v) is 12.3. The van der Waals surface area contributed by atoms with E-state index < -0.39 is 0 Å². The van der Waals surface area contributed by atoms with Crippen molar-refractivity contribution in [2.45, 2.75) is 19.8 Å². The Labute approximate surface area is 125 Å². The lowest BCUT2D eigenvalue weighted by Crippen LogP contribution is -2.12. The van der Waals surface area contributed by atoms with Gasteiger partial charge in [0.2, 0.25) is 0 Å². The fraction of sp³-hybridized carbons (Fsp3) is 0.211. The molecule has 0 saturated carbocycles. The highest BCUT2D eigenvalue weighted by atomic mass is 16.5. The summed E-state index contributed by atoms with van der Waals surface area (Å²) in [6.07, 6.45) is 3.37. The van der Waals surface area contributed by atoms with Crippen molar-refractivity contribution in [2.75, 3.05) is 7.11 Å². The Balaban J connectivity index is 2.09. The van der Waals surface area contributed by atoms with Gasteiger partial charge >= 0.3 is 0 Å². The Kier molecular flexibility index (Phi) is 3.61. The van der Waals surface area contributed by atoms with Crippen molar-refractivity contribution in [3.05, 3.63) is 64.7 Å². The van der Waals surface area contributed by atoms with Gasteiger partial charge in [-0.1, -0.05) is 35.9 Å². The summed E-state index contributed by atoms with van der Waals surface area (Å²) in [5.41, 5.74) is 5.28. The lowest BCUT2D eigenvalue weighted by atomic mass is 9.85. The molecular formula is C19H18O2. The Morgan fingerprint density at radius 3 is 2.52 bits per heavy atom. The first-order valence-electron chi connectivity index (χ1n) is 7.16. The van der Waals surface area contributed by atoms with Crippen LogP contribution in [-0.2, 0) is 11.2 Å². The normalized spacial score (nSPS) is 15.9. The van der Waals surface area contributed by atoms with Crippen LogP contribution in [0.4, 0.5) is 0 Å². The highest BCUT2D eigenvalue weighted by molar-refractivity contribution is 6.26. The highest BCUT2D eigenvalue weighted by Gasteiger charge is 2.21. The van der Waals surface area contributed by atoms with E-state index in [9.17, 15) is 4.79 Å². The summed E-state index contributed by atoms with van der Waals surface area (Å²) in [6, 6.07) is 14.2. The van der Waals surface area contributed by atoms with Crippen molar-refractivity contribution in [1.29, 1.82) is 0 Å². The predicted molar refractivity (Wildman–Crippen MR) is 85.4 cm³/mol. The van der Waals surface area contributed by atoms with Gasteiger partial charge in [-0.05, 0) is 48.2 Å². The number of aryl methyl sites for hydroxylation is 2. The first-order chi connectivity index (χ1) is 10.2. The summed E-state index contributed by atoms with van der Waals surface area (Å²) in [5.74, 6) is 0.995. The minimum absolute atomic E-state index is 0.205. The molecule has 0 bridgehead atoms. The lowest BCUT2D eigenvalue weighted by molar-refractivity contribution is -0.113. The molecule has 0 radical (unpaired) electrons. The number of methoxy groups -OCH3 is 1. The number of fused-ring (bicyclic) bond motifs is 1. The number of allylic oxidation sites excluding steroid dienone is 1. The average molecular weight is 278 g/mol. The third kappa shape index (κ3) is 2.75. The summed E-state index contributed by atoms with van der Waals surface area (Å²) >= 11 is 0. The molecule has 0 atom stereocenters. The van der Waals surface area contributed by atoms with Crippen LogP contribution in [0.2, 0.25) is 0 Å². The molecule has 2 aromatic carbocycles. The maximum atomic E-state index is 12.3. The van der Waals surface area contributed by atoms with Crippen LogP contribution in [-0.4, -0.2) is 12.9 Å². The quantitative estimate of drug-likeness (QED) is 0.774. The molecule has 2 nitrogen and oxygen atoms in total. The third-order valence-corrected chi connectivity index (χ3v) is 3.92. The topological polar surface area (TPSA) is 26.3 Å². The molecule has 21 heavy (non-hydrogen) atoms. The number of ether oxygens (including phenoxy) is 1. The molecule has 106 valence electrons. The summed E-state index contributed by atoms with van der Waals surface area (Å²) in [6.45, 7) is 2.06. The van der Waals surface area contributed by atoms with Crippen LogP contribution in [0.5, 0.6) is 5.75 Å². The molecule has 1 aliphatic carbocycles. The van der Waals surface area contributed by atoms with E-state index >= 15 is 0 Å². The van der Waals surface area contributed by atoms with Crippen molar-refractivity contribution in [1.82, 2.24) is 0 Å². The van der Waals surface area contributed by atoms with Gasteiger partial charge in [-0.25, -0.2) is 0 Å². The molecule has 2 heteroatoms. The number of benzene rings is 2. The average Bonchev–Trinajstić information content (AvgIpc) is 2.51. The maximum Gasteiger partial charge on any atom is 0.163 e. The molecule has 1 aliphatic rings. The highest BCUT2D eigenvalue weighted by Crippen LogP contribution is 2.32. The van der Waals surface area contributed by atoms with Crippen LogP contribution in [0.3, 0.4) is 0 Å². The second-order valence-corrected chi connectivity index (χ2v) is 5.41. The predicted octanol–water partition coefficient (Wildman–Crippen LogP) is 4.06. The fourth-order valence-corrected chi connectivity index (χ4v) is 2.67. The molecule has 0 heterocycles. The number of carbonyl (C=O) groups excluding carboxylic acids is 1. The van der Waals surface area contributed by atoms with E-state index in [1.807, 2.05) is 30.3 Å². The monoisotopic (exact) mass is 278 g/mol. The molecule has 2 aromatic rings. The van der Waals surface area contributed by atoms with Crippen LogP contribution >= 0.6 is 0 Å². The Bertz CT molecular complexity index is 709. The first kappa shape index (κ1) is 13.6. The SMILES string of the molecule is COc1ccc2c(c1)/C(=C\c1ccc(C)cc1)C(=O)CC2. The maximum absolute atomic E-state index is 12.3. The molecule has 0 amide bonds. The van der Waals surface area contributed by atoms with Gasteiger partial charge in [0.1, 0.15) is 5.75 Å². The van der Waals surface area contributed by atoms with E-state index in [4.69, 9.17) is 4.74 Å². The number of ketones is 1. The van der Waals surface area contributed by atoms with Gasteiger partial charge in [-0.15, -0.1) is 0 Å². The van der Waals surface area contributed by atoms with Gasteiger partial charge in [0.05, 0.1) is 7.11 Å². The Morgan fingerprint density at radius 1 is 1.05 bits per heavy atom. The van der Waals surface area contributed by atoms with E-state index in [0.29, 0.717) is 6.42 Å². The minimum atomic E-state index is 0.205. The molecule has 0 saturated heterocycles. The standard InChI is InChI=1S/C19H18O2/c1-13-3-5-14(6-4-13)11-18-17-12-16(21-2)9-7-15(17)8-10-19(18)20/h3-7,9,11-12H,8,10H2,1-2H3/b18-11+. The van der Waals surface area contributed by atoms with E-state index in [-0.39, 0.29) is 5.78 Å². The molecule has 0 N–H and O–H groups in total. The van der Waals surface area contributed by atoms with E-state index in [2.05, 4.69) is 25.1 Å². The van der Waals surface area contributed by atoms with E-state index in [0.717, 1.165) is 28.9 Å². The third-order valence-electron chi connectivity index (χ3n) is 3.92. The molecular weight excluding hydrogens is 260 g/mol. The summed E-state index contributed by atoms with van der Waals surface area (Å²) in [7, 11) is 1.65. The first-order valence-corrected chi connectivity index (χ1v) is 7.16. The number of carbonyl (C=O) groups is 1. The molecule has 0 spiro atoms. The zero-order valence-electron chi connectivity index (χ0n) is 12.3. The molecule has 0 aromatic heterocycles. The van der Waals surface area contributed by atoms with Crippen LogP contribution < -0.4 is 4.74 Å². The number of hydrogen-bond acceptors (Lipinski definition) is 2.